The van der Waals surface area contributed by atoms with Gasteiger partial charge in [0.15, 0.2) is 6.54 Å². The van der Waals surface area contributed by atoms with Gasteiger partial charge in [0.1, 0.15) is 31.2 Å². The molecule has 0 bridgehead atoms. The molecule has 1 aromatic heterocycles. The Labute approximate surface area is 182 Å². The lowest BCUT2D eigenvalue weighted by atomic mass is 9.88. The summed E-state index contributed by atoms with van der Waals surface area (Å²) in [5.74, 6) is 0.492. The Morgan fingerprint density at radius 3 is 2.57 bits per heavy atom. The van der Waals surface area contributed by atoms with Crippen LogP contribution in [-0.2, 0) is 17.6 Å². The lowest BCUT2D eigenvalue weighted by Crippen LogP contribution is -3.27. The standard InChI is InChI=1S/C23H30N4O2S/c1-16-8-9-18-19(14-16)30-23(21(18)22(29)24-17-6-4-3-5-7-17)25-20(28)15-27-12-10-26(2)11-13-27/h3-7,16H,8-15H2,1-2H3,(H,24,29)(H,25,28)/p+2/t16-/m0/s1. The fourth-order valence-corrected chi connectivity index (χ4v) is 5.82. The number of quaternary nitrogens is 2. The van der Waals surface area contributed by atoms with E-state index in [4.69, 9.17) is 0 Å². The highest BCUT2D eigenvalue weighted by atomic mass is 32.1. The number of fused-ring (bicyclic) bond motifs is 1. The van der Waals surface area contributed by atoms with Crippen molar-refractivity contribution in [3.63, 3.8) is 0 Å². The molecule has 0 unspecified atom stereocenters. The summed E-state index contributed by atoms with van der Waals surface area (Å²) in [6.07, 6.45) is 2.96. The highest BCUT2D eigenvalue weighted by molar-refractivity contribution is 7.17. The van der Waals surface area contributed by atoms with E-state index in [9.17, 15) is 9.59 Å². The van der Waals surface area contributed by atoms with Crippen molar-refractivity contribution in [2.75, 3.05) is 50.4 Å². The first-order chi connectivity index (χ1) is 14.5. The highest BCUT2D eigenvalue weighted by Gasteiger charge is 2.29. The van der Waals surface area contributed by atoms with Gasteiger partial charge in [0.05, 0.1) is 12.6 Å². The molecule has 30 heavy (non-hydrogen) atoms. The zero-order valence-electron chi connectivity index (χ0n) is 17.8. The second kappa shape index (κ2) is 9.29. The molecule has 0 saturated carbocycles. The molecule has 2 amide bonds. The van der Waals surface area contributed by atoms with Gasteiger partial charge in [-0.25, -0.2) is 0 Å². The van der Waals surface area contributed by atoms with Crippen molar-refractivity contribution < 1.29 is 19.4 Å². The molecule has 4 rings (SSSR count). The van der Waals surface area contributed by atoms with E-state index in [0.717, 1.165) is 56.7 Å². The molecule has 2 aromatic rings. The molecule has 2 heterocycles. The fourth-order valence-electron chi connectivity index (χ4n) is 4.40. The van der Waals surface area contributed by atoms with E-state index in [1.165, 1.54) is 14.7 Å². The van der Waals surface area contributed by atoms with Crippen LogP contribution in [0.3, 0.4) is 0 Å². The predicted molar refractivity (Wildman–Crippen MR) is 121 cm³/mol. The van der Waals surface area contributed by atoms with Crippen LogP contribution in [0.1, 0.15) is 34.1 Å². The van der Waals surface area contributed by atoms with E-state index < -0.39 is 0 Å². The van der Waals surface area contributed by atoms with E-state index in [-0.39, 0.29) is 11.8 Å². The zero-order valence-corrected chi connectivity index (χ0v) is 18.7. The summed E-state index contributed by atoms with van der Waals surface area (Å²) < 4.78 is 0. The van der Waals surface area contributed by atoms with Crippen LogP contribution in [0.4, 0.5) is 10.7 Å². The van der Waals surface area contributed by atoms with Gasteiger partial charge in [-0.05, 0) is 42.9 Å². The molecule has 1 atom stereocenters. The molecule has 6 nitrogen and oxygen atoms in total. The van der Waals surface area contributed by atoms with Gasteiger partial charge in [-0.1, -0.05) is 25.1 Å². The Bertz CT molecular complexity index is 903. The van der Waals surface area contributed by atoms with E-state index >= 15 is 0 Å². The van der Waals surface area contributed by atoms with Crippen molar-refractivity contribution in [1.82, 2.24) is 0 Å². The third kappa shape index (κ3) is 4.91. The Morgan fingerprint density at radius 1 is 1.10 bits per heavy atom. The van der Waals surface area contributed by atoms with Crippen LogP contribution in [0, 0.1) is 5.92 Å². The number of anilines is 2. The number of thiophene rings is 1. The van der Waals surface area contributed by atoms with E-state index in [2.05, 4.69) is 24.6 Å². The van der Waals surface area contributed by atoms with Gasteiger partial charge in [0, 0.05) is 10.6 Å². The van der Waals surface area contributed by atoms with Gasteiger partial charge in [0.25, 0.3) is 11.8 Å². The minimum atomic E-state index is -0.126. The van der Waals surface area contributed by atoms with Crippen LogP contribution in [0.5, 0.6) is 0 Å². The zero-order chi connectivity index (χ0) is 21.1. The van der Waals surface area contributed by atoms with Gasteiger partial charge in [-0.15, -0.1) is 11.3 Å². The Kier molecular flexibility index (Phi) is 6.51. The molecule has 7 heteroatoms. The van der Waals surface area contributed by atoms with Crippen LogP contribution in [0.15, 0.2) is 30.3 Å². The Morgan fingerprint density at radius 2 is 1.83 bits per heavy atom. The quantitative estimate of drug-likeness (QED) is 0.560. The number of carbonyl (C=O) groups excluding carboxylic acids is 2. The number of para-hydroxylation sites is 1. The summed E-state index contributed by atoms with van der Waals surface area (Å²) in [7, 11) is 2.20. The van der Waals surface area contributed by atoms with E-state index in [1.807, 2.05) is 30.3 Å². The summed E-state index contributed by atoms with van der Waals surface area (Å²) in [6.45, 7) is 6.94. The maximum absolute atomic E-state index is 13.2. The molecular formula is C23H32N4O2S+2. The number of likely N-dealkylation sites (N-methyl/N-ethyl adjacent to an activating group) is 1. The molecule has 1 aromatic carbocycles. The minimum Gasteiger partial charge on any atom is -0.328 e. The molecular weight excluding hydrogens is 396 g/mol. The van der Waals surface area contributed by atoms with Crippen LogP contribution >= 0.6 is 11.3 Å². The van der Waals surface area contributed by atoms with Gasteiger partial charge in [0.2, 0.25) is 0 Å². The highest BCUT2D eigenvalue weighted by Crippen LogP contribution is 2.40. The second-order valence-electron chi connectivity index (χ2n) is 8.81. The van der Waals surface area contributed by atoms with E-state index in [0.29, 0.717) is 23.0 Å². The van der Waals surface area contributed by atoms with Crippen molar-refractivity contribution in [3.05, 3.63) is 46.3 Å². The average molecular weight is 429 g/mol. The van der Waals surface area contributed by atoms with Crippen LogP contribution < -0.4 is 20.4 Å². The number of carbonyl (C=O) groups is 2. The summed E-state index contributed by atoms with van der Waals surface area (Å²) >= 11 is 1.59. The maximum Gasteiger partial charge on any atom is 0.280 e. The summed E-state index contributed by atoms with van der Waals surface area (Å²) in [5, 5.41) is 6.83. The van der Waals surface area contributed by atoms with Crippen molar-refractivity contribution in [2.24, 2.45) is 5.92 Å². The Balaban J connectivity index is 1.52. The number of piperazine rings is 1. The fraction of sp³-hybridized carbons (Fsp3) is 0.478. The van der Waals surface area contributed by atoms with Gasteiger partial charge < -0.3 is 20.4 Å². The third-order valence-electron chi connectivity index (χ3n) is 6.24. The average Bonchev–Trinajstić information content (AvgIpc) is 3.07. The van der Waals surface area contributed by atoms with Crippen molar-refractivity contribution in [2.45, 2.75) is 26.2 Å². The third-order valence-corrected chi connectivity index (χ3v) is 7.41. The van der Waals surface area contributed by atoms with Gasteiger partial charge >= 0.3 is 0 Å². The van der Waals surface area contributed by atoms with Crippen LogP contribution in [0.25, 0.3) is 0 Å². The van der Waals surface area contributed by atoms with Gasteiger partial charge in [-0.3, -0.25) is 9.59 Å². The SMILES string of the molecule is C[C@H]1CCc2c(sc(NC(=O)C[NH+]3CC[NH+](C)CC3)c2C(=O)Nc2ccccc2)C1. The first-order valence-electron chi connectivity index (χ1n) is 10.9. The number of benzene rings is 1. The monoisotopic (exact) mass is 428 g/mol. The Hall–Kier alpha value is -2.22. The number of hydrogen-bond acceptors (Lipinski definition) is 3. The largest absolute Gasteiger partial charge is 0.328 e. The molecule has 1 aliphatic heterocycles. The number of hydrogen-bond donors (Lipinski definition) is 4. The minimum absolute atomic E-state index is 0.00459. The number of amides is 2. The molecule has 1 aliphatic carbocycles. The van der Waals surface area contributed by atoms with Crippen molar-refractivity contribution in [3.8, 4) is 0 Å². The lowest BCUT2D eigenvalue weighted by molar-refractivity contribution is -0.999. The molecule has 160 valence electrons. The van der Waals surface area contributed by atoms with E-state index in [1.54, 1.807) is 11.3 Å². The van der Waals surface area contributed by atoms with Gasteiger partial charge in [-0.2, -0.15) is 0 Å². The topological polar surface area (TPSA) is 67.1 Å². The number of nitrogens with one attached hydrogen (secondary N) is 4. The molecule has 4 N–H and O–H groups in total. The molecule has 0 radical (unpaired) electrons. The summed E-state index contributed by atoms with van der Waals surface area (Å²) in [5.41, 5.74) is 2.56. The summed E-state index contributed by atoms with van der Waals surface area (Å²) in [6, 6.07) is 9.51. The molecule has 1 saturated heterocycles. The normalized spacial score (nSPS) is 23.5. The lowest BCUT2D eigenvalue weighted by Gasteiger charge is -2.26. The number of rotatable bonds is 5. The first-order valence-corrected chi connectivity index (χ1v) is 11.8. The predicted octanol–water partition coefficient (Wildman–Crippen LogP) is 0.477. The summed E-state index contributed by atoms with van der Waals surface area (Å²) in [4.78, 5) is 30.1. The van der Waals surface area contributed by atoms with Crippen LogP contribution in [0.2, 0.25) is 0 Å². The molecule has 1 fully saturated rings. The smallest absolute Gasteiger partial charge is 0.280 e. The van der Waals surface area contributed by atoms with Crippen LogP contribution in [-0.4, -0.2) is 51.6 Å². The van der Waals surface area contributed by atoms with Crippen molar-refractivity contribution in [1.29, 1.82) is 0 Å². The first kappa shape index (κ1) is 21.0. The van der Waals surface area contributed by atoms with Crippen molar-refractivity contribution >= 4 is 33.8 Å². The maximum atomic E-state index is 13.2. The molecule has 0 spiro atoms. The molecule has 2 aliphatic rings. The second-order valence-corrected chi connectivity index (χ2v) is 9.91.